The summed E-state index contributed by atoms with van der Waals surface area (Å²) in [6.45, 7) is 0.631. The van der Waals surface area contributed by atoms with Gasteiger partial charge in [-0.1, -0.05) is 0 Å². The van der Waals surface area contributed by atoms with Gasteiger partial charge in [0.15, 0.2) is 0 Å². The van der Waals surface area contributed by atoms with Crippen LogP contribution in [0.3, 0.4) is 0 Å². The number of nitrogens with zero attached hydrogens (tertiary/aromatic N) is 2. The number of carbonyl (C=O) groups is 1. The molecule has 2 aromatic heterocycles. The van der Waals surface area contributed by atoms with E-state index in [0.717, 1.165) is 10.6 Å². The zero-order valence-electron chi connectivity index (χ0n) is 9.30. The molecule has 0 unspecified atom stereocenters. The third-order valence-electron chi connectivity index (χ3n) is 2.21. The van der Waals surface area contributed by atoms with E-state index in [2.05, 4.69) is 10.4 Å². The second kappa shape index (κ2) is 4.46. The van der Waals surface area contributed by atoms with Crippen molar-refractivity contribution in [3.05, 3.63) is 28.9 Å². The third-order valence-corrected chi connectivity index (χ3v) is 3.33. The van der Waals surface area contributed by atoms with Crippen molar-refractivity contribution in [3.8, 4) is 0 Å². The summed E-state index contributed by atoms with van der Waals surface area (Å²) in [4.78, 5) is 11.4. The highest BCUT2D eigenvalue weighted by Crippen LogP contribution is 2.28. The second-order valence-electron chi connectivity index (χ2n) is 3.64. The van der Waals surface area contributed by atoms with E-state index in [1.54, 1.807) is 16.9 Å². The van der Waals surface area contributed by atoms with Crippen molar-refractivity contribution in [2.24, 2.45) is 12.8 Å². The maximum atomic E-state index is 11.0. The van der Waals surface area contributed by atoms with Crippen molar-refractivity contribution in [2.45, 2.75) is 6.54 Å². The average molecular weight is 251 g/mol. The molecule has 0 aliphatic rings. The van der Waals surface area contributed by atoms with Gasteiger partial charge in [-0.15, -0.1) is 11.3 Å². The molecule has 0 atom stereocenters. The minimum atomic E-state index is -0.498. The molecule has 2 heterocycles. The Balaban J connectivity index is 2.04. The third kappa shape index (κ3) is 2.56. The summed E-state index contributed by atoms with van der Waals surface area (Å²) in [5.74, 6) is -0.498. The molecule has 0 aliphatic carbocycles. The first-order chi connectivity index (χ1) is 8.06. The number of aryl methyl sites for hydroxylation is 1. The van der Waals surface area contributed by atoms with E-state index in [9.17, 15) is 4.79 Å². The van der Waals surface area contributed by atoms with Gasteiger partial charge in [0.1, 0.15) is 4.88 Å². The van der Waals surface area contributed by atoms with Crippen LogP contribution in [0.25, 0.3) is 0 Å². The fourth-order valence-electron chi connectivity index (χ4n) is 1.44. The molecule has 0 radical (unpaired) electrons. The van der Waals surface area contributed by atoms with Crippen molar-refractivity contribution < 1.29 is 4.79 Å². The molecular weight excluding hydrogens is 238 g/mol. The number of hydrogen-bond acceptors (Lipinski definition) is 5. The summed E-state index contributed by atoms with van der Waals surface area (Å²) < 4.78 is 1.73. The van der Waals surface area contributed by atoms with Crippen LogP contribution >= 0.6 is 11.3 Å². The molecule has 17 heavy (non-hydrogen) atoms. The van der Waals surface area contributed by atoms with Crippen LogP contribution in [-0.4, -0.2) is 15.7 Å². The topological polar surface area (TPSA) is 99.0 Å². The first kappa shape index (κ1) is 11.5. The van der Waals surface area contributed by atoms with E-state index in [-0.39, 0.29) is 0 Å². The molecule has 0 spiro atoms. The number of hydrogen-bond donors (Lipinski definition) is 3. The van der Waals surface area contributed by atoms with Crippen molar-refractivity contribution >= 4 is 27.9 Å². The van der Waals surface area contributed by atoms with Crippen LogP contribution in [0.4, 0.5) is 10.7 Å². The lowest BCUT2D eigenvalue weighted by atomic mass is 10.3. The monoisotopic (exact) mass is 251 g/mol. The molecule has 5 N–H and O–H groups in total. The van der Waals surface area contributed by atoms with Crippen molar-refractivity contribution in [2.75, 3.05) is 11.1 Å². The van der Waals surface area contributed by atoms with Gasteiger partial charge in [0.25, 0.3) is 5.91 Å². The minimum absolute atomic E-state index is 0.388. The summed E-state index contributed by atoms with van der Waals surface area (Å²) in [6.07, 6.45) is 3.69. The molecule has 6 nitrogen and oxygen atoms in total. The van der Waals surface area contributed by atoms with Crippen molar-refractivity contribution in [3.63, 3.8) is 0 Å². The van der Waals surface area contributed by atoms with Gasteiger partial charge in [-0.2, -0.15) is 5.10 Å². The maximum absolute atomic E-state index is 11.0. The van der Waals surface area contributed by atoms with Crippen LogP contribution < -0.4 is 16.8 Å². The van der Waals surface area contributed by atoms with Gasteiger partial charge < -0.3 is 16.8 Å². The molecule has 2 aromatic rings. The zero-order valence-corrected chi connectivity index (χ0v) is 10.1. The Hall–Kier alpha value is -2.02. The van der Waals surface area contributed by atoms with Crippen LogP contribution in [0.5, 0.6) is 0 Å². The summed E-state index contributed by atoms with van der Waals surface area (Å²) in [7, 11) is 1.86. The van der Waals surface area contributed by atoms with Crippen molar-refractivity contribution in [1.82, 2.24) is 9.78 Å². The number of rotatable bonds is 4. The predicted octanol–water partition coefficient (Wildman–Crippen LogP) is 0.775. The van der Waals surface area contributed by atoms with Crippen molar-refractivity contribution in [1.29, 1.82) is 0 Å². The van der Waals surface area contributed by atoms with Crippen LogP contribution in [-0.2, 0) is 13.6 Å². The fraction of sp³-hybridized carbons (Fsp3) is 0.200. The van der Waals surface area contributed by atoms with Gasteiger partial charge in [0.05, 0.1) is 16.9 Å². The predicted molar refractivity (Wildman–Crippen MR) is 67.8 cm³/mol. The Morgan fingerprint density at radius 3 is 2.94 bits per heavy atom. The second-order valence-corrected chi connectivity index (χ2v) is 4.69. The lowest BCUT2D eigenvalue weighted by Crippen LogP contribution is -2.10. The first-order valence-corrected chi connectivity index (χ1v) is 5.78. The van der Waals surface area contributed by atoms with E-state index in [1.807, 2.05) is 13.2 Å². The molecule has 0 bridgehead atoms. The molecule has 90 valence electrons. The van der Waals surface area contributed by atoms with Gasteiger partial charge in [0, 0.05) is 25.4 Å². The average Bonchev–Trinajstić information content (AvgIpc) is 2.82. The Labute approximate surface area is 102 Å². The highest BCUT2D eigenvalue weighted by Gasteiger charge is 2.11. The molecule has 0 fully saturated rings. The number of anilines is 2. The fourth-order valence-corrected chi connectivity index (χ4v) is 2.26. The van der Waals surface area contributed by atoms with E-state index in [4.69, 9.17) is 11.5 Å². The van der Waals surface area contributed by atoms with Crippen LogP contribution in [0, 0.1) is 0 Å². The van der Waals surface area contributed by atoms with Crippen LogP contribution in [0.15, 0.2) is 18.5 Å². The maximum Gasteiger partial charge on any atom is 0.260 e. The lowest BCUT2D eigenvalue weighted by molar-refractivity contribution is 0.100. The molecule has 0 aromatic carbocycles. The van der Waals surface area contributed by atoms with E-state index >= 15 is 0 Å². The van der Waals surface area contributed by atoms with E-state index < -0.39 is 5.91 Å². The Kier molecular flexibility index (Phi) is 3.01. The molecule has 0 saturated carbocycles. The molecule has 1 amide bonds. The molecule has 0 saturated heterocycles. The van der Waals surface area contributed by atoms with Gasteiger partial charge in [-0.3, -0.25) is 9.48 Å². The minimum Gasteiger partial charge on any atom is -0.397 e. The molecule has 2 rings (SSSR count). The number of nitrogen functional groups attached to an aromatic ring is 1. The zero-order chi connectivity index (χ0) is 12.4. The highest BCUT2D eigenvalue weighted by molar-refractivity contribution is 7.18. The normalized spacial score (nSPS) is 10.4. The smallest absolute Gasteiger partial charge is 0.260 e. The van der Waals surface area contributed by atoms with Gasteiger partial charge >= 0.3 is 0 Å². The summed E-state index contributed by atoms with van der Waals surface area (Å²) in [5.41, 5.74) is 12.3. The number of carbonyl (C=O) groups excluding carboxylic acids is 1. The van der Waals surface area contributed by atoms with Crippen LogP contribution in [0.2, 0.25) is 0 Å². The van der Waals surface area contributed by atoms with E-state index in [1.165, 1.54) is 11.3 Å². The van der Waals surface area contributed by atoms with Gasteiger partial charge in [-0.25, -0.2) is 0 Å². The SMILES string of the molecule is Cn1cc(CNc2cc(N)c(C(N)=O)s2)cn1. The quantitative estimate of drug-likeness (QED) is 0.747. The number of aromatic nitrogens is 2. The van der Waals surface area contributed by atoms with Crippen LogP contribution in [0.1, 0.15) is 15.2 Å². The Morgan fingerprint density at radius 2 is 2.41 bits per heavy atom. The Bertz CT molecular complexity index is 545. The molecule has 0 aliphatic heterocycles. The number of thiophene rings is 1. The first-order valence-electron chi connectivity index (χ1n) is 4.97. The number of primary amides is 1. The van der Waals surface area contributed by atoms with E-state index in [0.29, 0.717) is 17.1 Å². The number of amides is 1. The number of nitrogens with one attached hydrogen (secondary N) is 1. The molecule has 7 heteroatoms. The Morgan fingerprint density at radius 1 is 1.65 bits per heavy atom. The number of nitrogens with two attached hydrogens (primary N) is 2. The summed E-state index contributed by atoms with van der Waals surface area (Å²) in [6, 6.07) is 1.71. The highest BCUT2D eigenvalue weighted by atomic mass is 32.1. The molecular formula is C10H13N5OS. The standard InChI is InChI=1S/C10H13N5OS/c1-15-5-6(4-14-15)3-13-8-2-7(11)9(17-8)10(12)16/h2,4-5,13H,3,11H2,1H3,(H2,12,16). The summed E-state index contributed by atoms with van der Waals surface area (Å²) >= 11 is 1.26. The largest absolute Gasteiger partial charge is 0.397 e. The lowest BCUT2D eigenvalue weighted by Gasteiger charge is -1.99. The van der Waals surface area contributed by atoms with Gasteiger partial charge in [0.2, 0.25) is 0 Å². The summed E-state index contributed by atoms with van der Waals surface area (Å²) in [5, 5.41) is 8.05. The van der Waals surface area contributed by atoms with Gasteiger partial charge in [-0.05, 0) is 6.07 Å².